The highest BCUT2D eigenvalue weighted by atomic mass is 16.6. The van der Waals surface area contributed by atoms with Crippen LogP contribution in [0.15, 0.2) is 12.3 Å². The van der Waals surface area contributed by atoms with E-state index in [0.29, 0.717) is 18.8 Å². The molecule has 0 aromatic carbocycles. The van der Waals surface area contributed by atoms with Crippen LogP contribution in [0.4, 0.5) is 4.79 Å². The molecular formula is C14H20N2O3. The van der Waals surface area contributed by atoms with Crippen LogP contribution in [0.2, 0.25) is 0 Å². The van der Waals surface area contributed by atoms with Gasteiger partial charge in [0.25, 0.3) is 0 Å². The van der Waals surface area contributed by atoms with Crippen molar-refractivity contribution >= 4 is 6.09 Å². The normalized spacial score (nSPS) is 15.1. The highest BCUT2D eigenvalue weighted by Crippen LogP contribution is 2.21. The van der Waals surface area contributed by atoms with Gasteiger partial charge in [-0.1, -0.05) is 0 Å². The molecule has 1 aliphatic rings. The summed E-state index contributed by atoms with van der Waals surface area (Å²) in [6.45, 7) is 6.68. The van der Waals surface area contributed by atoms with Crippen LogP contribution in [0.1, 0.15) is 37.6 Å². The smallest absolute Gasteiger partial charge is 0.410 e. The van der Waals surface area contributed by atoms with E-state index in [1.165, 1.54) is 0 Å². The van der Waals surface area contributed by atoms with Crippen molar-refractivity contribution < 1.29 is 14.6 Å². The fourth-order valence-corrected chi connectivity index (χ4v) is 2.06. The average molecular weight is 264 g/mol. The lowest BCUT2D eigenvalue weighted by atomic mass is 10.0. The number of hydrogen-bond donors (Lipinski definition) is 1. The summed E-state index contributed by atoms with van der Waals surface area (Å²) in [7, 11) is 0. The van der Waals surface area contributed by atoms with Crippen LogP contribution in [0.3, 0.4) is 0 Å². The Morgan fingerprint density at radius 2 is 2.21 bits per heavy atom. The Hall–Kier alpha value is -1.62. The number of aliphatic hydroxyl groups is 1. The molecule has 1 aliphatic heterocycles. The molecule has 1 aromatic heterocycles. The monoisotopic (exact) mass is 264 g/mol. The number of carbonyl (C=O) groups excluding carboxylic acids is 1. The third kappa shape index (κ3) is 3.44. The molecule has 1 aromatic rings. The molecule has 0 bridgehead atoms. The standard InChI is InChI=1S/C14H20N2O3/c1-14(2,3)19-13(18)16-5-4-10-6-12(9-17)15-7-11(10)8-16/h6-7,17H,4-5,8-9H2,1-3H3. The van der Waals surface area contributed by atoms with Gasteiger partial charge in [-0.05, 0) is 44.4 Å². The second kappa shape index (κ2) is 5.17. The van der Waals surface area contributed by atoms with Crippen molar-refractivity contribution in [2.45, 2.75) is 45.9 Å². The Morgan fingerprint density at radius 3 is 2.84 bits per heavy atom. The second-order valence-electron chi connectivity index (χ2n) is 5.75. The van der Waals surface area contributed by atoms with Crippen LogP contribution in [0, 0.1) is 0 Å². The van der Waals surface area contributed by atoms with Crippen LogP contribution >= 0.6 is 0 Å². The van der Waals surface area contributed by atoms with Gasteiger partial charge < -0.3 is 14.7 Å². The SMILES string of the molecule is CC(C)(C)OC(=O)N1CCc2cc(CO)ncc2C1. The summed E-state index contributed by atoms with van der Waals surface area (Å²) in [5.41, 5.74) is 2.37. The largest absolute Gasteiger partial charge is 0.444 e. The van der Waals surface area contributed by atoms with Crippen LogP contribution in [-0.4, -0.2) is 33.2 Å². The molecule has 0 unspecified atom stereocenters. The highest BCUT2D eigenvalue weighted by Gasteiger charge is 2.25. The summed E-state index contributed by atoms with van der Waals surface area (Å²) >= 11 is 0. The molecule has 0 fully saturated rings. The van der Waals surface area contributed by atoms with Crippen molar-refractivity contribution in [3.8, 4) is 0 Å². The number of rotatable bonds is 1. The molecule has 1 amide bonds. The first kappa shape index (κ1) is 13.8. The number of hydrogen-bond acceptors (Lipinski definition) is 4. The van der Waals surface area contributed by atoms with Crippen molar-refractivity contribution in [1.82, 2.24) is 9.88 Å². The van der Waals surface area contributed by atoms with Gasteiger partial charge in [0.15, 0.2) is 0 Å². The number of aliphatic hydroxyl groups excluding tert-OH is 1. The molecule has 2 heterocycles. The first-order chi connectivity index (χ1) is 8.89. The summed E-state index contributed by atoms with van der Waals surface area (Å²) in [5.74, 6) is 0. The van der Waals surface area contributed by atoms with E-state index in [9.17, 15) is 4.79 Å². The van der Waals surface area contributed by atoms with Gasteiger partial charge in [-0.3, -0.25) is 4.98 Å². The molecule has 0 saturated carbocycles. The minimum atomic E-state index is -0.476. The van der Waals surface area contributed by atoms with E-state index < -0.39 is 5.60 Å². The van der Waals surface area contributed by atoms with Crippen LogP contribution in [-0.2, 0) is 24.3 Å². The van der Waals surface area contributed by atoms with E-state index in [0.717, 1.165) is 17.5 Å². The van der Waals surface area contributed by atoms with Gasteiger partial charge in [0.1, 0.15) is 5.60 Å². The lowest BCUT2D eigenvalue weighted by molar-refractivity contribution is 0.0223. The fraction of sp³-hybridized carbons (Fsp3) is 0.571. The van der Waals surface area contributed by atoms with Gasteiger partial charge >= 0.3 is 6.09 Å². The maximum atomic E-state index is 12.0. The van der Waals surface area contributed by atoms with Gasteiger partial charge in [0.05, 0.1) is 18.8 Å². The Labute approximate surface area is 113 Å². The maximum absolute atomic E-state index is 12.0. The molecule has 0 saturated heterocycles. The Balaban J connectivity index is 2.08. The molecule has 0 atom stereocenters. The van der Waals surface area contributed by atoms with E-state index in [1.807, 2.05) is 26.8 Å². The van der Waals surface area contributed by atoms with Crippen molar-refractivity contribution in [2.24, 2.45) is 0 Å². The first-order valence-corrected chi connectivity index (χ1v) is 6.44. The Kier molecular flexibility index (Phi) is 3.75. The minimum Gasteiger partial charge on any atom is -0.444 e. The van der Waals surface area contributed by atoms with E-state index >= 15 is 0 Å². The molecular weight excluding hydrogens is 244 g/mol. The fourth-order valence-electron chi connectivity index (χ4n) is 2.06. The Morgan fingerprint density at radius 1 is 1.47 bits per heavy atom. The number of ether oxygens (including phenoxy) is 1. The maximum Gasteiger partial charge on any atom is 0.410 e. The van der Waals surface area contributed by atoms with E-state index in [1.54, 1.807) is 11.1 Å². The minimum absolute atomic E-state index is 0.0525. The molecule has 2 rings (SSSR count). The van der Waals surface area contributed by atoms with Gasteiger partial charge in [-0.2, -0.15) is 0 Å². The van der Waals surface area contributed by atoms with E-state index in [2.05, 4.69) is 4.98 Å². The predicted octanol–water partition coefficient (Wildman–Crippen LogP) is 1.87. The van der Waals surface area contributed by atoms with Crippen molar-refractivity contribution in [3.63, 3.8) is 0 Å². The van der Waals surface area contributed by atoms with Crippen LogP contribution < -0.4 is 0 Å². The number of nitrogens with zero attached hydrogens (tertiary/aromatic N) is 2. The number of amides is 1. The third-order valence-corrected chi connectivity index (χ3v) is 2.97. The highest BCUT2D eigenvalue weighted by molar-refractivity contribution is 5.68. The molecule has 0 aliphatic carbocycles. The molecule has 1 N–H and O–H groups in total. The molecule has 104 valence electrons. The zero-order chi connectivity index (χ0) is 14.0. The molecule has 0 spiro atoms. The number of aromatic nitrogens is 1. The predicted molar refractivity (Wildman–Crippen MR) is 70.5 cm³/mol. The van der Waals surface area contributed by atoms with E-state index in [4.69, 9.17) is 9.84 Å². The van der Waals surface area contributed by atoms with Crippen molar-refractivity contribution in [1.29, 1.82) is 0 Å². The van der Waals surface area contributed by atoms with Gasteiger partial charge in [-0.25, -0.2) is 4.79 Å². The lowest BCUT2D eigenvalue weighted by Gasteiger charge is -2.31. The van der Waals surface area contributed by atoms with Crippen molar-refractivity contribution in [2.75, 3.05) is 6.54 Å². The Bertz CT molecular complexity index is 480. The quantitative estimate of drug-likeness (QED) is 0.841. The van der Waals surface area contributed by atoms with Crippen LogP contribution in [0.25, 0.3) is 0 Å². The summed E-state index contributed by atoms with van der Waals surface area (Å²) in [6.07, 6.45) is 2.21. The summed E-state index contributed by atoms with van der Waals surface area (Å²) in [5, 5.41) is 9.06. The van der Waals surface area contributed by atoms with E-state index in [-0.39, 0.29) is 12.7 Å². The zero-order valence-corrected chi connectivity index (χ0v) is 11.6. The third-order valence-electron chi connectivity index (χ3n) is 2.97. The van der Waals surface area contributed by atoms with Gasteiger partial charge in [0, 0.05) is 12.7 Å². The van der Waals surface area contributed by atoms with Gasteiger partial charge in [-0.15, -0.1) is 0 Å². The number of carbonyl (C=O) groups is 1. The van der Waals surface area contributed by atoms with Crippen LogP contribution in [0.5, 0.6) is 0 Å². The number of pyridine rings is 1. The van der Waals surface area contributed by atoms with Crippen molar-refractivity contribution in [3.05, 3.63) is 29.1 Å². The summed E-state index contributed by atoms with van der Waals surface area (Å²) in [4.78, 5) is 17.8. The average Bonchev–Trinajstić information content (AvgIpc) is 2.35. The molecule has 5 heteroatoms. The molecule has 0 radical (unpaired) electrons. The topological polar surface area (TPSA) is 62.7 Å². The number of fused-ring (bicyclic) bond motifs is 1. The molecule has 5 nitrogen and oxygen atoms in total. The first-order valence-electron chi connectivity index (χ1n) is 6.44. The molecule has 19 heavy (non-hydrogen) atoms. The zero-order valence-electron chi connectivity index (χ0n) is 11.6. The van der Waals surface area contributed by atoms with Gasteiger partial charge in [0.2, 0.25) is 0 Å². The summed E-state index contributed by atoms with van der Waals surface area (Å²) in [6, 6.07) is 1.90. The lowest BCUT2D eigenvalue weighted by Crippen LogP contribution is -2.40. The second-order valence-corrected chi connectivity index (χ2v) is 5.75. The summed E-state index contributed by atoms with van der Waals surface area (Å²) < 4.78 is 5.36.